The van der Waals surface area contributed by atoms with Crippen LogP contribution in [0.1, 0.15) is 64.3 Å². The van der Waals surface area contributed by atoms with E-state index in [2.05, 4.69) is 82.2 Å². The molecule has 2 aliphatic heterocycles. The quantitative estimate of drug-likeness (QED) is 0.122. The predicted molar refractivity (Wildman–Crippen MR) is 218 cm³/mol. The fourth-order valence-corrected chi connectivity index (χ4v) is 11.4. The molecule has 15 heteroatoms. The molecule has 0 bridgehead atoms. The van der Waals surface area contributed by atoms with Crippen molar-refractivity contribution >= 4 is 32.1 Å². The van der Waals surface area contributed by atoms with Gasteiger partial charge in [0, 0.05) is 12.2 Å². The largest absolute Gasteiger partial charge is 0.453 e. The molecular formula is C42H54N8O6Si. The van der Waals surface area contributed by atoms with Gasteiger partial charge in [0.25, 0.3) is 0 Å². The fourth-order valence-electron chi connectivity index (χ4n) is 8.49. The highest BCUT2D eigenvalue weighted by atomic mass is 28.3. The van der Waals surface area contributed by atoms with Crippen molar-refractivity contribution in [3.63, 3.8) is 0 Å². The van der Waals surface area contributed by atoms with Crippen molar-refractivity contribution in [2.24, 2.45) is 17.8 Å². The summed E-state index contributed by atoms with van der Waals surface area (Å²) in [6.45, 7) is 12.2. The first-order chi connectivity index (χ1) is 27.2. The molecule has 4 N–H and O–H groups in total. The number of H-pyrrole nitrogens is 2. The summed E-state index contributed by atoms with van der Waals surface area (Å²) in [4.78, 5) is 72.0. The van der Waals surface area contributed by atoms with Gasteiger partial charge in [0.15, 0.2) is 0 Å². The normalized spacial score (nSPS) is 21.9. The molecule has 1 saturated carbocycles. The molecule has 302 valence electrons. The van der Waals surface area contributed by atoms with E-state index < -0.39 is 32.3 Å². The molecular weight excluding hydrogens is 741 g/mol. The van der Waals surface area contributed by atoms with Gasteiger partial charge in [0.05, 0.1) is 58.2 Å². The topological polar surface area (TPSA) is 175 Å². The van der Waals surface area contributed by atoms with Crippen LogP contribution in [0, 0.1) is 17.8 Å². The number of ether oxygens (including phenoxy) is 2. The number of methoxy groups -OCH3 is 2. The molecule has 1 aliphatic carbocycles. The Morgan fingerprint density at radius 2 is 1.16 bits per heavy atom. The number of likely N-dealkylation sites (tertiary alicyclic amines) is 1. The molecule has 6 atom stereocenters. The highest BCUT2D eigenvalue weighted by Crippen LogP contribution is 2.53. The first-order valence-corrected chi connectivity index (χ1v) is 23.2. The Kier molecular flexibility index (Phi) is 11.0. The van der Waals surface area contributed by atoms with Gasteiger partial charge in [-0.15, -0.1) is 0 Å². The zero-order chi connectivity index (χ0) is 40.8. The van der Waals surface area contributed by atoms with Gasteiger partial charge in [-0.05, 0) is 58.9 Å². The van der Waals surface area contributed by atoms with Crippen molar-refractivity contribution in [2.75, 3.05) is 20.4 Å². The van der Waals surface area contributed by atoms with Crippen LogP contribution in [0.4, 0.5) is 9.59 Å². The van der Waals surface area contributed by atoms with Crippen LogP contribution in [0.5, 0.6) is 0 Å². The van der Waals surface area contributed by atoms with Crippen molar-refractivity contribution in [3.05, 3.63) is 72.6 Å². The number of rotatable bonds is 11. The van der Waals surface area contributed by atoms with Crippen LogP contribution in [0.2, 0.25) is 19.1 Å². The molecule has 57 heavy (non-hydrogen) atoms. The smallest absolute Gasteiger partial charge is 0.407 e. The minimum absolute atomic E-state index is 0.0983. The predicted octanol–water partition coefficient (Wildman–Crippen LogP) is 6.69. The van der Waals surface area contributed by atoms with Crippen LogP contribution in [0.15, 0.2) is 60.9 Å². The second-order valence-electron chi connectivity index (χ2n) is 17.1. The number of aromatic nitrogens is 4. The number of fused-ring (bicyclic) bond motifs is 1. The van der Waals surface area contributed by atoms with Gasteiger partial charge < -0.3 is 39.9 Å². The molecule has 2 aromatic heterocycles. The average molecular weight is 795 g/mol. The van der Waals surface area contributed by atoms with Gasteiger partial charge >= 0.3 is 12.2 Å². The lowest BCUT2D eigenvalue weighted by atomic mass is 10.0. The van der Waals surface area contributed by atoms with E-state index in [-0.39, 0.29) is 41.8 Å². The number of carbonyl (C=O) groups is 4. The molecule has 0 unspecified atom stereocenters. The van der Waals surface area contributed by atoms with E-state index in [9.17, 15) is 19.2 Å². The highest BCUT2D eigenvalue weighted by molar-refractivity contribution is 6.78. The van der Waals surface area contributed by atoms with Gasteiger partial charge in [0.2, 0.25) is 11.8 Å². The first kappa shape index (κ1) is 39.8. The third-order valence-electron chi connectivity index (χ3n) is 11.7. The first-order valence-electron chi connectivity index (χ1n) is 19.8. The van der Waals surface area contributed by atoms with Crippen molar-refractivity contribution in [2.45, 2.75) is 89.9 Å². The highest BCUT2D eigenvalue weighted by Gasteiger charge is 2.56. The average Bonchev–Trinajstić information content (AvgIpc) is 3.65. The van der Waals surface area contributed by atoms with Gasteiger partial charge in [-0.2, -0.15) is 0 Å². The summed E-state index contributed by atoms with van der Waals surface area (Å²) in [6.07, 6.45) is 4.92. The van der Waals surface area contributed by atoms with Crippen LogP contribution in [-0.4, -0.2) is 100 Å². The Bertz CT molecular complexity index is 2110. The number of alkyl carbamates (subject to hydrolysis) is 2. The summed E-state index contributed by atoms with van der Waals surface area (Å²) in [5.41, 5.74) is 5.83. The lowest BCUT2D eigenvalue weighted by Gasteiger charge is -2.31. The Labute approximate surface area is 334 Å². The van der Waals surface area contributed by atoms with Crippen LogP contribution < -0.4 is 10.6 Å². The summed E-state index contributed by atoms with van der Waals surface area (Å²) < 4.78 is 9.60. The standard InChI is InChI=1S/C42H54N8O6Si/c1-23(2)35(47-41(53)55-5)39(51)49-22-57(7,8)21-34(49)38-44-20-31(46-38)28-15-11-26(12-16-28)25-9-13-27(14-10-25)30-19-43-37(45-30)33-18-29-17-32(29)50(33)40(52)36(24(3)4)48-42(54)56-6/h9-16,19-20,23-24,29,32-36H,17-18,21-22H2,1-8H3,(H,43,45)(H,44,46)(H,47,53)(H,48,54)/t29-,32-,33+,34+,35+,36+/m1/s1. The molecule has 7 rings (SSSR count). The molecule has 2 aromatic carbocycles. The zero-order valence-electron chi connectivity index (χ0n) is 34.0. The number of benzene rings is 2. The second kappa shape index (κ2) is 15.8. The summed E-state index contributed by atoms with van der Waals surface area (Å²) in [5.74, 6) is 1.52. The van der Waals surface area contributed by atoms with E-state index in [0.717, 1.165) is 64.2 Å². The lowest BCUT2D eigenvalue weighted by molar-refractivity contribution is -0.137. The number of piperidine rings is 1. The number of nitrogens with one attached hydrogen (secondary N) is 4. The molecule has 4 amide bonds. The van der Waals surface area contributed by atoms with E-state index in [1.54, 1.807) is 0 Å². The summed E-state index contributed by atoms with van der Waals surface area (Å²) in [6, 6.07) is 15.9. The molecule has 0 spiro atoms. The Hall–Kier alpha value is -5.44. The van der Waals surface area contributed by atoms with Crippen LogP contribution >= 0.6 is 0 Å². The molecule has 14 nitrogen and oxygen atoms in total. The third-order valence-corrected chi connectivity index (χ3v) is 14.4. The van der Waals surface area contributed by atoms with Gasteiger partial charge in [0.1, 0.15) is 23.7 Å². The second-order valence-corrected chi connectivity index (χ2v) is 22.2. The molecule has 4 heterocycles. The van der Waals surface area contributed by atoms with E-state index in [1.165, 1.54) is 14.2 Å². The maximum absolute atomic E-state index is 13.8. The maximum atomic E-state index is 13.8. The molecule has 3 aliphatic rings. The number of carbonyl (C=O) groups excluding carboxylic acids is 4. The van der Waals surface area contributed by atoms with E-state index in [4.69, 9.17) is 19.4 Å². The Morgan fingerprint density at radius 1 is 0.702 bits per heavy atom. The summed E-state index contributed by atoms with van der Waals surface area (Å²) in [7, 11) is 0.858. The van der Waals surface area contributed by atoms with Crippen molar-refractivity contribution in [3.8, 4) is 33.6 Å². The van der Waals surface area contributed by atoms with Gasteiger partial charge in [-0.25, -0.2) is 19.6 Å². The monoisotopic (exact) mass is 794 g/mol. The van der Waals surface area contributed by atoms with Gasteiger partial charge in [-0.3, -0.25) is 9.59 Å². The van der Waals surface area contributed by atoms with Crippen LogP contribution in [0.3, 0.4) is 0 Å². The number of amides is 4. The Morgan fingerprint density at radius 3 is 1.63 bits per heavy atom. The minimum Gasteiger partial charge on any atom is -0.453 e. The fraction of sp³-hybridized carbons (Fsp3) is 0.476. The van der Waals surface area contributed by atoms with Crippen molar-refractivity contribution in [1.82, 2.24) is 40.4 Å². The van der Waals surface area contributed by atoms with Gasteiger partial charge in [-0.1, -0.05) is 89.3 Å². The number of nitrogens with zero attached hydrogens (tertiary/aromatic N) is 4. The molecule has 4 aromatic rings. The SMILES string of the molecule is COC(=O)N[C@H](C(=O)N1C[Si](C)(C)C[C@H]1c1ncc(-c2ccc(-c3ccc(-c4cnc([C@@H]5C[C@H]6C[C@H]6N5C(=O)[C@@H](NC(=O)OC)C(C)C)[nH]4)cc3)cc2)[nH]1)C(C)C. The molecule has 3 fully saturated rings. The number of hydrogen-bond acceptors (Lipinski definition) is 8. The number of hydrogen-bond donors (Lipinski definition) is 4. The summed E-state index contributed by atoms with van der Waals surface area (Å²) in [5, 5.41) is 5.47. The van der Waals surface area contributed by atoms with E-state index in [0.29, 0.717) is 12.1 Å². The van der Waals surface area contributed by atoms with E-state index >= 15 is 0 Å². The van der Waals surface area contributed by atoms with Crippen LogP contribution in [-0.2, 0) is 19.1 Å². The zero-order valence-corrected chi connectivity index (χ0v) is 35.0. The number of imidazole rings is 2. The third kappa shape index (κ3) is 8.20. The minimum atomic E-state index is -1.74. The lowest BCUT2D eigenvalue weighted by Crippen LogP contribution is -2.52. The van der Waals surface area contributed by atoms with E-state index in [1.807, 2.05) is 49.9 Å². The van der Waals surface area contributed by atoms with Crippen LogP contribution in [0.25, 0.3) is 33.6 Å². The summed E-state index contributed by atoms with van der Waals surface area (Å²) >= 11 is 0. The molecule has 0 radical (unpaired) electrons. The Balaban J connectivity index is 1.02. The molecule has 2 saturated heterocycles. The van der Waals surface area contributed by atoms with Crippen molar-refractivity contribution < 1.29 is 28.7 Å². The maximum Gasteiger partial charge on any atom is 0.407 e. The number of aromatic amines is 2. The van der Waals surface area contributed by atoms with Crippen molar-refractivity contribution in [1.29, 1.82) is 0 Å².